The molecule has 1 aliphatic rings. The zero-order valence-electron chi connectivity index (χ0n) is 10.4. The Balaban J connectivity index is 0.00000180. The monoisotopic (exact) mass is 295 g/mol. The van der Waals surface area contributed by atoms with Gasteiger partial charge in [-0.2, -0.15) is 13.2 Å². The minimum atomic E-state index is -4.29. The summed E-state index contributed by atoms with van der Waals surface area (Å²) in [5, 5.41) is 3.03. The van der Waals surface area contributed by atoms with Crippen LogP contribution in [0.25, 0.3) is 0 Å². The highest BCUT2D eigenvalue weighted by Crippen LogP contribution is 2.31. The van der Waals surface area contributed by atoms with Crippen LogP contribution in [0.1, 0.15) is 24.0 Å². The topological polar surface area (TPSA) is 21.3 Å². The summed E-state index contributed by atoms with van der Waals surface area (Å²) in [4.78, 5) is 0. The number of halogens is 4. The molecule has 0 radical (unpaired) electrons. The maximum atomic E-state index is 12.7. The first-order valence-corrected chi connectivity index (χ1v) is 6.05. The maximum Gasteiger partial charge on any atom is 0.416 e. The SMILES string of the molecule is Cl.FC(F)(F)c1ccccc1CNCC1CCCO1. The third-order valence-corrected chi connectivity index (χ3v) is 3.03. The van der Waals surface area contributed by atoms with Crippen molar-refractivity contribution in [3.8, 4) is 0 Å². The molecule has 1 atom stereocenters. The Kier molecular flexibility index (Phi) is 6.10. The lowest BCUT2D eigenvalue weighted by Gasteiger charge is -2.14. The molecule has 0 saturated carbocycles. The zero-order chi connectivity index (χ0) is 13.0. The van der Waals surface area contributed by atoms with E-state index in [0.717, 1.165) is 25.5 Å². The Morgan fingerprint density at radius 3 is 2.63 bits per heavy atom. The molecule has 1 N–H and O–H groups in total. The lowest BCUT2D eigenvalue weighted by Crippen LogP contribution is -2.26. The Hall–Kier alpha value is -0.780. The first kappa shape index (κ1) is 16.3. The predicted octanol–water partition coefficient (Wildman–Crippen LogP) is 3.40. The fourth-order valence-electron chi connectivity index (χ4n) is 2.12. The summed E-state index contributed by atoms with van der Waals surface area (Å²) in [6, 6.07) is 5.65. The van der Waals surface area contributed by atoms with Crippen LogP contribution in [-0.4, -0.2) is 19.3 Å². The molecule has 108 valence electrons. The molecular weight excluding hydrogens is 279 g/mol. The van der Waals surface area contributed by atoms with Crippen LogP contribution in [0.2, 0.25) is 0 Å². The van der Waals surface area contributed by atoms with Crippen molar-refractivity contribution in [2.45, 2.75) is 31.7 Å². The van der Waals surface area contributed by atoms with Crippen LogP contribution in [0.15, 0.2) is 24.3 Å². The van der Waals surface area contributed by atoms with Gasteiger partial charge in [-0.25, -0.2) is 0 Å². The summed E-state index contributed by atoms with van der Waals surface area (Å²) in [5.41, 5.74) is -0.284. The van der Waals surface area contributed by atoms with Crippen molar-refractivity contribution in [3.05, 3.63) is 35.4 Å². The van der Waals surface area contributed by atoms with Crippen molar-refractivity contribution in [1.29, 1.82) is 0 Å². The van der Waals surface area contributed by atoms with Gasteiger partial charge in [0, 0.05) is 19.7 Å². The van der Waals surface area contributed by atoms with E-state index in [2.05, 4.69) is 5.32 Å². The highest BCUT2D eigenvalue weighted by Gasteiger charge is 2.32. The second-order valence-corrected chi connectivity index (χ2v) is 4.42. The number of benzene rings is 1. The Morgan fingerprint density at radius 1 is 1.26 bits per heavy atom. The standard InChI is InChI=1S/C13H16F3NO.ClH/c14-13(15,16)12-6-2-1-4-10(12)8-17-9-11-5-3-7-18-11;/h1-2,4,6,11,17H,3,5,7-9H2;1H. The third-order valence-electron chi connectivity index (χ3n) is 3.03. The van der Waals surface area contributed by atoms with Crippen LogP contribution in [0.4, 0.5) is 13.2 Å². The average Bonchev–Trinajstić information content (AvgIpc) is 2.81. The molecule has 1 aromatic carbocycles. The van der Waals surface area contributed by atoms with E-state index in [0.29, 0.717) is 6.54 Å². The summed E-state index contributed by atoms with van der Waals surface area (Å²) in [6.07, 6.45) is -2.13. The van der Waals surface area contributed by atoms with Crippen LogP contribution in [0.3, 0.4) is 0 Å². The van der Waals surface area contributed by atoms with Gasteiger partial charge in [-0.15, -0.1) is 12.4 Å². The summed E-state index contributed by atoms with van der Waals surface area (Å²) < 4.78 is 43.6. The predicted molar refractivity (Wildman–Crippen MR) is 69.4 cm³/mol. The van der Waals surface area contributed by atoms with Gasteiger partial charge in [-0.3, -0.25) is 0 Å². The maximum absolute atomic E-state index is 12.7. The molecular formula is C13H17ClF3NO. The van der Waals surface area contributed by atoms with E-state index in [4.69, 9.17) is 4.74 Å². The van der Waals surface area contributed by atoms with E-state index >= 15 is 0 Å². The molecule has 1 heterocycles. The van der Waals surface area contributed by atoms with Crippen LogP contribution < -0.4 is 5.32 Å². The minimum absolute atomic E-state index is 0. The number of hydrogen-bond donors (Lipinski definition) is 1. The molecule has 0 bridgehead atoms. The van der Waals surface area contributed by atoms with Gasteiger partial charge in [0.15, 0.2) is 0 Å². The van der Waals surface area contributed by atoms with E-state index in [1.165, 1.54) is 12.1 Å². The Labute approximate surface area is 116 Å². The molecule has 6 heteroatoms. The van der Waals surface area contributed by atoms with Gasteiger partial charge >= 0.3 is 6.18 Å². The van der Waals surface area contributed by atoms with Crippen molar-refractivity contribution in [3.63, 3.8) is 0 Å². The second kappa shape index (κ2) is 7.12. The smallest absolute Gasteiger partial charge is 0.377 e. The van der Waals surface area contributed by atoms with Crippen molar-refractivity contribution >= 4 is 12.4 Å². The molecule has 1 aromatic rings. The summed E-state index contributed by atoms with van der Waals surface area (Å²) in [6.45, 7) is 1.58. The van der Waals surface area contributed by atoms with Crippen molar-refractivity contribution < 1.29 is 17.9 Å². The average molecular weight is 296 g/mol. The van der Waals surface area contributed by atoms with E-state index in [1.54, 1.807) is 6.07 Å². The first-order valence-electron chi connectivity index (χ1n) is 6.05. The molecule has 0 aliphatic carbocycles. The number of rotatable bonds is 4. The van der Waals surface area contributed by atoms with Gasteiger partial charge in [0.2, 0.25) is 0 Å². The minimum Gasteiger partial charge on any atom is -0.377 e. The van der Waals surface area contributed by atoms with E-state index in [-0.39, 0.29) is 30.6 Å². The van der Waals surface area contributed by atoms with E-state index in [9.17, 15) is 13.2 Å². The molecule has 1 saturated heterocycles. The molecule has 1 fully saturated rings. The molecule has 2 nitrogen and oxygen atoms in total. The largest absolute Gasteiger partial charge is 0.416 e. The van der Waals surface area contributed by atoms with Gasteiger partial charge in [-0.05, 0) is 24.5 Å². The van der Waals surface area contributed by atoms with Crippen LogP contribution in [0.5, 0.6) is 0 Å². The molecule has 0 spiro atoms. The molecule has 1 unspecified atom stereocenters. The van der Waals surface area contributed by atoms with Crippen molar-refractivity contribution in [2.24, 2.45) is 0 Å². The molecule has 19 heavy (non-hydrogen) atoms. The van der Waals surface area contributed by atoms with E-state index in [1.807, 2.05) is 0 Å². The lowest BCUT2D eigenvalue weighted by molar-refractivity contribution is -0.138. The Morgan fingerprint density at radius 2 is 2.00 bits per heavy atom. The van der Waals surface area contributed by atoms with E-state index < -0.39 is 11.7 Å². The van der Waals surface area contributed by atoms with Gasteiger partial charge < -0.3 is 10.1 Å². The van der Waals surface area contributed by atoms with Crippen LogP contribution in [-0.2, 0) is 17.5 Å². The first-order chi connectivity index (χ1) is 8.57. The lowest BCUT2D eigenvalue weighted by atomic mass is 10.1. The number of alkyl halides is 3. The molecule has 0 amide bonds. The molecule has 0 aromatic heterocycles. The number of ether oxygens (including phenoxy) is 1. The van der Waals surface area contributed by atoms with Crippen LogP contribution >= 0.6 is 12.4 Å². The van der Waals surface area contributed by atoms with Crippen molar-refractivity contribution in [2.75, 3.05) is 13.2 Å². The normalized spacial score (nSPS) is 19.2. The van der Waals surface area contributed by atoms with Crippen molar-refractivity contribution in [1.82, 2.24) is 5.32 Å². The number of hydrogen-bond acceptors (Lipinski definition) is 2. The summed E-state index contributed by atoms with van der Waals surface area (Å²) in [5.74, 6) is 0. The van der Waals surface area contributed by atoms with Gasteiger partial charge in [0.1, 0.15) is 0 Å². The highest BCUT2D eigenvalue weighted by atomic mass is 35.5. The highest BCUT2D eigenvalue weighted by molar-refractivity contribution is 5.85. The van der Waals surface area contributed by atoms with Gasteiger partial charge in [0.05, 0.1) is 11.7 Å². The van der Waals surface area contributed by atoms with Crippen LogP contribution in [0, 0.1) is 0 Å². The fraction of sp³-hybridized carbons (Fsp3) is 0.538. The Bertz CT molecular complexity index is 392. The van der Waals surface area contributed by atoms with Gasteiger partial charge in [-0.1, -0.05) is 18.2 Å². The second-order valence-electron chi connectivity index (χ2n) is 4.42. The summed E-state index contributed by atoms with van der Waals surface area (Å²) >= 11 is 0. The molecule has 1 aliphatic heterocycles. The third kappa shape index (κ3) is 4.67. The quantitative estimate of drug-likeness (QED) is 0.919. The van der Waals surface area contributed by atoms with Gasteiger partial charge in [0.25, 0.3) is 0 Å². The number of nitrogens with one attached hydrogen (secondary N) is 1. The summed E-state index contributed by atoms with van der Waals surface area (Å²) in [7, 11) is 0. The fourth-order valence-corrected chi connectivity index (χ4v) is 2.12. The zero-order valence-corrected chi connectivity index (χ0v) is 11.2. The molecule has 2 rings (SSSR count).